The van der Waals surface area contributed by atoms with Gasteiger partial charge in [-0.1, -0.05) is 32.0 Å². The molecule has 40 heavy (non-hydrogen) atoms. The van der Waals surface area contributed by atoms with Crippen LogP contribution in [0.15, 0.2) is 77.5 Å². The molecule has 4 rings (SSSR count). The number of carbonyl (C=O) groups is 3. The van der Waals surface area contributed by atoms with Gasteiger partial charge in [0.2, 0.25) is 0 Å². The summed E-state index contributed by atoms with van der Waals surface area (Å²) in [6.45, 7) is 7.24. The Bertz CT molecular complexity index is 1530. The highest BCUT2D eigenvalue weighted by Crippen LogP contribution is 2.32. The van der Waals surface area contributed by atoms with Crippen LogP contribution in [-0.2, 0) is 19.1 Å². The first-order valence-electron chi connectivity index (χ1n) is 12.9. The average Bonchev–Trinajstić information content (AvgIpc) is 3.36. The van der Waals surface area contributed by atoms with E-state index in [1.54, 1.807) is 23.9 Å². The second-order valence-corrected chi connectivity index (χ2v) is 9.71. The Hall–Kier alpha value is -4.97. The number of aromatic nitrogens is 2. The van der Waals surface area contributed by atoms with E-state index in [1.165, 1.54) is 6.92 Å². The van der Waals surface area contributed by atoms with E-state index in [4.69, 9.17) is 14.6 Å². The van der Waals surface area contributed by atoms with Gasteiger partial charge in [-0.3, -0.25) is 19.3 Å². The highest BCUT2D eigenvalue weighted by atomic mass is 16.5. The fourth-order valence-electron chi connectivity index (χ4n) is 4.17. The van der Waals surface area contributed by atoms with Gasteiger partial charge < -0.3 is 9.47 Å². The SMILES string of the molecule is CC(=O)OCCN1C(=O)C(C#N)=C(C)/C(=C\c2cn(-c3ccccc3)nc2-c2ccc(OCC(C)C)cc2)C1=O. The average molecular weight is 539 g/mol. The predicted octanol–water partition coefficient (Wildman–Crippen LogP) is 4.73. The summed E-state index contributed by atoms with van der Waals surface area (Å²) in [6, 6.07) is 19.0. The lowest BCUT2D eigenvalue weighted by Gasteiger charge is -2.27. The van der Waals surface area contributed by atoms with Gasteiger partial charge in [-0.05, 0) is 60.9 Å². The largest absolute Gasteiger partial charge is 0.493 e. The van der Waals surface area contributed by atoms with Crippen molar-refractivity contribution < 1.29 is 23.9 Å². The Morgan fingerprint density at radius 1 is 1.07 bits per heavy atom. The fraction of sp³-hybridized carbons (Fsp3) is 0.258. The van der Waals surface area contributed by atoms with Crippen LogP contribution in [0.3, 0.4) is 0 Å². The molecule has 2 amide bonds. The molecule has 1 aromatic heterocycles. The van der Waals surface area contributed by atoms with Crippen molar-refractivity contribution in [1.82, 2.24) is 14.7 Å². The lowest BCUT2D eigenvalue weighted by Crippen LogP contribution is -2.44. The molecule has 9 heteroatoms. The summed E-state index contributed by atoms with van der Waals surface area (Å²) in [5.74, 6) is -0.696. The lowest BCUT2D eigenvalue weighted by atomic mass is 9.93. The van der Waals surface area contributed by atoms with Gasteiger partial charge in [0.05, 0.1) is 24.5 Å². The van der Waals surface area contributed by atoms with Crippen molar-refractivity contribution in [3.05, 3.63) is 83.1 Å². The monoisotopic (exact) mass is 538 g/mol. The maximum Gasteiger partial charge on any atom is 0.302 e. The Kier molecular flexibility index (Phi) is 8.60. The Morgan fingerprint density at radius 2 is 1.77 bits per heavy atom. The Balaban J connectivity index is 1.79. The molecule has 0 N–H and O–H groups in total. The van der Waals surface area contributed by atoms with E-state index < -0.39 is 17.8 Å². The van der Waals surface area contributed by atoms with Crippen molar-refractivity contribution in [1.29, 1.82) is 5.26 Å². The van der Waals surface area contributed by atoms with Gasteiger partial charge in [0.15, 0.2) is 0 Å². The van der Waals surface area contributed by atoms with Crippen molar-refractivity contribution in [2.24, 2.45) is 5.92 Å². The van der Waals surface area contributed by atoms with E-state index >= 15 is 0 Å². The van der Waals surface area contributed by atoms with E-state index in [9.17, 15) is 19.6 Å². The van der Waals surface area contributed by atoms with Crippen LogP contribution < -0.4 is 4.74 Å². The van der Waals surface area contributed by atoms with Crippen molar-refractivity contribution >= 4 is 23.9 Å². The number of amides is 2. The Labute approximate surface area is 232 Å². The van der Waals surface area contributed by atoms with Gasteiger partial charge in [-0.15, -0.1) is 0 Å². The molecule has 0 saturated heterocycles. The van der Waals surface area contributed by atoms with Crippen molar-refractivity contribution in [3.8, 4) is 28.8 Å². The summed E-state index contributed by atoms with van der Waals surface area (Å²) in [4.78, 5) is 38.5. The maximum absolute atomic E-state index is 13.5. The number of ether oxygens (including phenoxy) is 2. The number of hydrogen-bond acceptors (Lipinski definition) is 7. The van der Waals surface area contributed by atoms with Crippen molar-refractivity contribution in [2.75, 3.05) is 19.8 Å². The zero-order valence-corrected chi connectivity index (χ0v) is 22.9. The number of carbonyl (C=O) groups excluding carboxylic acids is 3. The molecule has 0 spiro atoms. The van der Waals surface area contributed by atoms with E-state index in [-0.39, 0.29) is 29.9 Å². The van der Waals surface area contributed by atoms with Crippen LogP contribution in [0.5, 0.6) is 5.75 Å². The third-order valence-electron chi connectivity index (χ3n) is 6.22. The minimum absolute atomic E-state index is 0.141. The van der Waals surface area contributed by atoms with Gasteiger partial charge >= 0.3 is 5.97 Å². The molecule has 0 aliphatic carbocycles. The number of nitrogens with zero attached hydrogens (tertiary/aromatic N) is 4. The predicted molar refractivity (Wildman–Crippen MR) is 149 cm³/mol. The number of benzene rings is 2. The molecule has 0 atom stereocenters. The summed E-state index contributed by atoms with van der Waals surface area (Å²) in [7, 11) is 0. The minimum Gasteiger partial charge on any atom is -0.493 e. The molecule has 204 valence electrons. The van der Waals surface area contributed by atoms with Crippen molar-refractivity contribution in [2.45, 2.75) is 27.7 Å². The van der Waals surface area contributed by atoms with E-state index in [0.29, 0.717) is 23.8 Å². The fourth-order valence-corrected chi connectivity index (χ4v) is 4.17. The quantitative estimate of drug-likeness (QED) is 0.220. The summed E-state index contributed by atoms with van der Waals surface area (Å²) in [5, 5.41) is 14.5. The van der Waals surface area contributed by atoms with Gasteiger partial charge in [0.1, 0.15) is 24.0 Å². The van der Waals surface area contributed by atoms with Crippen LogP contribution in [0, 0.1) is 17.2 Å². The highest BCUT2D eigenvalue weighted by molar-refractivity contribution is 6.19. The van der Waals surface area contributed by atoms with Crippen LogP contribution in [-0.4, -0.2) is 52.2 Å². The zero-order valence-electron chi connectivity index (χ0n) is 22.9. The first-order valence-corrected chi connectivity index (χ1v) is 12.9. The third-order valence-corrected chi connectivity index (χ3v) is 6.22. The van der Waals surface area contributed by atoms with Crippen LogP contribution in [0.2, 0.25) is 0 Å². The molecule has 0 unspecified atom stereocenters. The van der Waals surface area contributed by atoms with Crippen molar-refractivity contribution in [3.63, 3.8) is 0 Å². The summed E-state index contributed by atoms with van der Waals surface area (Å²) >= 11 is 0. The van der Waals surface area contributed by atoms with Crippen LogP contribution in [0.4, 0.5) is 0 Å². The number of esters is 1. The molecule has 3 aromatic rings. The first-order chi connectivity index (χ1) is 19.2. The van der Waals surface area contributed by atoms with E-state index in [1.807, 2.05) is 60.7 Å². The van der Waals surface area contributed by atoms with Gasteiger partial charge in [0, 0.05) is 29.8 Å². The minimum atomic E-state index is -0.716. The first kappa shape index (κ1) is 28.0. The molecule has 1 aliphatic heterocycles. The summed E-state index contributed by atoms with van der Waals surface area (Å²) in [6.07, 6.45) is 3.44. The smallest absolute Gasteiger partial charge is 0.302 e. The molecule has 0 saturated carbocycles. The van der Waals surface area contributed by atoms with Gasteiger partial charge in [-0.25, -0.2) is 4.68 Å². The van der Waals surface area contributed by atoms with Crippen LogP contribution >= 0.6 is 0 Å². The number of imide groups is 1. The van der Waals surface area contributed by atoms with Crippen LogP contribution in [0.1, 0.15) is 33.3 Å². The molecule has 0 bridgehead atoms. The highest BCUT2D eigenvalue weighted by Gasteiger charge is 2.35. The summed E-state index contributed by atoms with van der Waals surface area (Å²) in [5.41, 5.74) is 3.16. The molecule has 2 aromatic carbocycles. The standard InChI is InChI=1S/C31H30N4O5/c1-20(2)19-40-26-12-10-23(11-13-26)29-24(18-35(33-29)25-8-6-5-7-9-25)16-27-21(3)28(17-32)31(38)34(30(27)37)14-15-39-22(4)36/h5-13,16,18,20H,14-15,19H2,1-4H3/b27-16+. The van der Waals surface area contributed by atoms with Gasteiger partial charge in [-0.2, -0.15) is 10.4 Å². The molecular formula is C31H30N4O5. The number of para-hydroxylation sites is 1. The van der Waals surface area contributed by atoms with E-state index in [2.05, 4.69) is 13.8 Å². The number of nitriles is 1. The molecular weight excluding hydrogens is 508 g/mol. The lowest BCUT2D eigenvalue weighted by molar-refractivity contribution is -0.147. The Morgan fingerprint density at radius 3 is 2.40 bits per heavy atom. The van der Waals surface area contributed by atoms with E-state index in [0.717, 1.165) is 21.9 Å². The van der Waals surface area contributed by atoms with Crippen LogP contribution in [0.25, 0.3) is 23.0 Å². The topological polar surface area (TPSA) is 115 Å². The zero-order chi connectivity index (χ0) is 28.8. The molecule has 0 radical (unpaired) electrons. The molecule has 0 fully saturated rings. The number of rotatable bonds is 9. The van der Waals surface area contributed by atoms with Gasteiger partial charge in [0.25, 0.3) is 11.8 Å². The second kappa shape index (κ2) is 12.3. The molecule has 9 nitrogen and oxygen atoms in total. The number of hydrogen-bond donors (Lipinski definition) is 0. The normalized spacial score (nSPS) is 14.6. The maximum atomic E-state index is 13.5. The third kappa shape index (κ3) is 6.18. The molecule has 2 heterocycles. The second-order valence-electron chi connectivity index (χ2n) is 9.71. The summed E-state index contributed by atoms with van der Waals surface area (Å²) < 4.78 is 12.5. The molecule has 1 aliphatic rings.